The normalized spacial score (nSPS) is 28.2. The summed E-state index contributed by atoms with van der Waals surface area (Å²) >= 11 is 5.00. The molecule has 0 aromatic carbocycles. The number of amides is 1. The lowest BCUT2D eigenvalue weighted by molar-refractivity contribution is 0.0319. The molecular weight excluding hydrogens is 324 g/mol. The van der Waals surface area contributed by atoms with E-state index in [2.05, 4.69) is 32.8 Å². The first kappa shape index (κ1) is 13.6. The van der Waals surface area contributed by atoms with Gasteiger partial charge in [0.1, 0.15) is 4.88 Å². The van der Waals surface area contributed by atoms with Crippen molar-refractivity contribution in [3.8, 4) is 0 Å². The van der Waals surface area contributed by atoms with Gasteiger partial charge in [-0.05, 0) is 66.1 Å². The second-order valence-electron chi connectivity index (χ2n) is 5.59. The van der Waals surface area contributed by atoms with Crippen molar-refractivity contribution < 1.29 is 4.79 Å². The summed E-state index contributed by atoms with van der Waals surface area (Å²) in [5, 5.41) is 1.97. The molecule has 2 aliphatic heterocycles. The number of nitrogens with zero attached hydrogens (tertiary/aromatic N) is 2. The van der Waals surface area contributed by atoms with Crippen LogP contribution in [0.15, 0.2) is 15.9 Å². The SMILES string of the molecule is CN1CCCC2CN(C(=O)c3sccc3Br)CCC21. The molecule has 3 rings (SSSR count). The predicted molar refractivity (Wildman–Crippen MR) is 81.7 cm³/mol. The average Bonchev–Trinajstić information content (AvgIpc) is 2.84. The van der Waals surface area contributed by atoms with Crippen LogP contribution in [0, 0.1) is 5.92 Å². The lowest BCUT2D eigenvalue weighted by Crippen LogP contribution is -2.53. The fraction of sp³-hybridized carbons (Fsp3) is 0.643. The van der Waals surface area contributed by atoms with E-state index in [1.807, 2.05) is 11.4 Å². The van der Waals surface area contributed by atoms with Crippen LogP contribution in [0.2, 0.25) is 0 Å². The molecule has 0 radical (unpaired) electrons. The number of likely N-dealkylation sites (tertiary alicyclic amines) is 2. The molecule has 104 valence electrons. The molecule has 0 bridgehead atoms. The minimum atomic E-state index is 0.202. The topological polar surface area (TPSA) is 23.6 Å². The Kier molecular flexibility index (Phi) is 3.96. The van der Waals surface area contributed by atoms with E-state index in [1.54, 1.807) is 0 Å². The maximum absolute atomic E-state index is 12.5. The van der Waals surface area contributed by atoms with Gasteiger partial charge in [-0.1, -0.05) is 0 Å². The van der Waals surface area contributed by atoms with Gasteiger partial charge in [0, 0.05) is 23.6 Å². The van der Waals surface area contributed by atoms with Crippen LogP contribution >= 0.6 is 27.3 Å². The summed E-state index contributed by atoms with van der Waals surface area (Å²) in [6.45, 7) is 3.04. The van der Waals surface area contributed by atoms with Gasteiger partial charge < -0.3 is 9.80 Å². The molecule has 2 saturated heterocycles. The number of hydrogen-bond donors (Lipinski definition) is 0. The van der Waals surface area contributed by atoms with E-state index in [0.717, 1.165) is 28.9 Å². The van der Waals surface area contributed by atoms with Crippen molar-refractivity contribution >= 4 is 33.2 Å². The average molecular weight is 343 g/mol. The molecule has 0 saturated carbocycles. The molecule has 2 aliphatic rings. The van der Waals surface area contributed by atoms with Crippen LogP contribution in [0.5, 0.6) is 0 Å². The fourth-order valence-electron chi connectivity index (χ4n) is 3.43. The highest BCUT2D eigenvalue weighted by atomic mass is 79.9. The van der Waals surface area contributed by atoms with Crippen molar-refractivity contribution in [1.82, 2.24) is 9.80 Å². The molecule has 1 aromatic rings. The van der Waals surface area contributed by atoms with Crippen LogP contribution in [0.1, 0.15) is 28.9 Å². The van der Waals surface area contributed by atoms with Crippen molar-refractivity contribution in [3.63, 3.8) is 0 Å². The van der Waals surface area contributed by atoms with Gasteiger partial charge in [0.25, 0.3) is 5.91 Å². The Morgan fingerprint density at radius 1 is 1.42 bits per heavy atom. The number of carbonyl (C=O) groups excluding carboxylic acids is 1. The Hall–Kier alpha value is -0.390. The van der Waals surface area contributed by atoms with E-state index in [0.29, 0.717) is 12.0 Å². The molecule has 19 heavy (non-hydrogen) atoms. The highest BCUT2D eigenvalue weighted by Crippen LogP contribution is 2.32. The first-order valence-corrected chi connectivity index (χ1v) is 8.56. The molecule has 2 fully saturated rings. The third-order valence-corrected chi connectivity index (χ3v) is 6.27. The minimum Gasteiger partial charge on any atom is -0.338 e. The van der Waals surface area contributed by atoms with Crippen molar-refractivity contribution in [2.75, 3.05) is 26.7 Å². The fourth-order valence-corrected chi connectivity index (χ4v) is 4.93. The Morgan fingerprint density at radius 2 is 2.26 bits per heavy atom. The highest BCUT2D eigenvalue weighted by Gasteiger charge is 2.36. The van der Waals surface area contributed by atoms with E-state index >= 15 is 0 Å². The van der Waals surface area contributed by atoms with Crippen LogP contribution in [0.3, 0.4) is 0 Å². The molecule has 0 aliphatic carbocycles. The van der Waals surface area contributed by atoms with Crippen molar-refractivity contribution in [3.05, 3.63) is 20.8 Å². The Morgan fingerprint density at radius 3 is 3.00 bits per heavy atom. The van der Waals surface area contributed by atoms with Gasteiger partial charge in [-0.3, -0.25) is 4.79 Å². The monoisotopic (exact) mass is 342 g/mol. The Labute approximate surface area is 126 Å². The summed E-state index contributed by atoms with van der Waals surface area (Å²) < 4.78 is 0.936. The summed E-state index contributed by atoms with van der Waals surface area (Å²) in [6, 6.07) is 2.64. The van der Waals surface area contributed by atoms with Crippen LogP contribution < -0.4 is 0 Å². The molecule has 2 atom stereocenters. The van der Waals surface area contributed by atoms with E-state index in [1.165, 1.54) is 30.7 Å². The molecule has 1 aromatic heterocycles. The van der Waals surface area contributed by atoms with Gasteiger partial charge in [-0.2, -0.15) is 0 Å². The Bertz CT molecular complexity index is 476. The summed E-state index contributed by atoms with van der Waals surface area (Å²) in [7, 11) is 2.23. The molecule has 3 heterocycles. The number of thiophene rings is 1. The lowest BCUT2D eigenvalue weighted by atomic mass is 9.84. The van der Waals surface area contributed by atoms with Crippen molar-refractivity contribution in [1.29, 1.82) is 0 Å². The first-order valence-electron chi connectivity index (χ1n) is 6.89. The smallest absolute Gasteiger partial charge is 0.265 e. The van der Waals surface area contributed by atoms with E-state index < -0.39 is 0 Å². The van der Waals surface area contributed by atoms with Gasteiger partial charge in [0.2, 0.25) is 0 Å². The zero-order valence-electron chi connectivity index (χ0n) is 11.1. The summed E-state index contributed by atoms with van der Waals surface area (Å²) in [4.78, 5) is 17.9. The van der Waals surface area contributed by atoms with Gasteiger partial charge in [-0.15, -0.1) is 11.3 Å². The van der Waals surface area contributed by atoms with Crippen LogP contribution in [-0.2, 0) is 0 Å². The standard InChI is InChI=1S/C14H19BrN2OS/c1-16-6-2-3-10-9-17(7-4-12(10)16)14(18)13-11(15)5-8-19-13/h5,8,10,12H,2-4,6-7,9H2,1H3. The van der Waals surface area contributed by atoms with Gasteiger partial charge >= 0.3 is 0 Å². The van der Waals surface area contributed by atoms with Crippen LogP contribution in [0.4, 0.5) is 0 Å². The van der Waals surface area contributed by atoms with Crippen LogP contribution in [0.25, 0.3) is 0 Å². The second-order valence-corrected chi connectivity index (χ2v) is 7.36. The zero-order valence-corrected chi connectivity index (χ0v) is 13.5. The molecule has 5 heteroatoms. The van der Waals surface area contributed by atoms with E-state index in [9.17, 15) is 4.79 Å². The predicted octanol–water partition coefficient (Wildman–Crippen LogP) is 3.07. The molecule has 3 nitrogen and oxygen atoms in total. The van der Waals surface area contributed by atoms with Crippen molar-refractivity contribution in [2.45, 2.75) is 25.3 Å². The number of hydrogen-bond acceptors (Lipinski definition) is 3. The summed E-state index contributed by atoms with van der Waals surface area (Å²) in [5.41, 5.74) is 0. The van der Waals surface area contributed by atoms with Gasteiger partial charge in [-0.25, -0.2) is 0 Å². The summed E-state index contributed by atoms with van der Waals surface area (Å²) in [5.74, 6) is 0.865. The molecule has 1 amide bonds. The maximum Gasteiger partial charge on any atom is 0.265 e. The largest absolute Gasteiger partial charge is 0.338 e. The molecule has 0 spiro atoms. The third kappa shape index (κ3) is 2.60. The first-order chi connectivity index (χ1) is 9.16. The number of halogens is 1. The van der Waals surface area contributed by atoms with E-state index in [-0.39, 0.29) is 5.91 Å². The molecule has 2 unspecified atom stereocenters. The quantitative estimate of drug-likeness (QED) is 0.782. The number of fused-ring (bicyclic) bond motifs is 1. The Balaban J connectivity index is 1.71. The molecule has 0 N–H and O–H groups in total. The maximum atomic E-state index is 12.5. The third-order valence-electron chi connectivity index (χ3n) is 4.44. The number of rotatable bonds is 1. The molecular formula is C14H19BrN2OS. The van der Waals surface area contributed by atoms with E-state index in [4.69, 9.17) is 0 Å². The zero-order chi connectivity index (χ0) is 13.4. The number of carbonyl (C=O) groups is 1. The van der Waals surface area contributed by atoms with Crippen LogP contribution in [-0.4, -0.2) is 48.4 Å². The van der Waals surface area contributed by atoms with Gasteiger partial charge in [0.15, 0.2) is 0 Å². The highest BCUT2D eigenvalue weighted by molar-refractivity contribution is 9.10. The van der Waals surface area contributed by atoms with Gasteiger partial charge in [0.05, 0.1) is 0 Å². The second kappa shape index (κ2) is 5.54. The number of piperidine rings is 2. The van der Waals surface area contributed by atoms with Crippen molar-refractivity contribution in [2.24, 2.45) is 5.92 Å². The summed E-state index contributed by atoms with van der Waals surface area (Å²) in [6.07, 6.45) is 3.66. The lowest BCUT2D eigenvalue weighted by Gasteiger charge is -2.45. The minimum absolute atomic E-state index is 0.202.